The summed E-state index contributed by atoms with van der Waals surface area (Å²) in [5, 5.41) is 3.14. The molecule has 8 heteroatoms. The van der Waals surface area contributed by atoms with E-state index in [1.807, 2.05) is 35.5 Å². The highest BCUT2D eigenvalue weighted by Crippen LogP contribution is 2.32. The topological polar surface area (TPSA) is 60.0 Å². The molecule has 2 aromatic rings. The third kappa shape index (κ3) is 4.60. The first kappa shape index (κ1) is 21.8. The van der Waals surface area contributed by atoms with E-state index in [-0.39, 0.29) is 11.9 Å². The van der Waals surface area contributed by atoms with Crippen LogP contribution >= 0.6 is 11.3 Å². The molecular weight excluding hydrogens is 410 g/mol. The van der Waals surface area contributed by atoms with Crippen LogP contribution in [0, 0.1) is 6.92 Å². The van der Waals surface area contributed by atoms with Crippen LogP contribution in [-0.4, -0.2) is 84.0 Å². The van der Waals surface area contributed by atoms with Gasteiger partial charge in [0.2, 0.25) is 5.91 Å². The van der Waals surface area contributed by atoms with Crippen molar-refractivity contribution in [3.63, 3.8) is 0 Å². The molecule has 0 aliphatic carbocycles. The zero-order valence-corrected chi connectivity index (χ0v) is 19.5. The summed E-state index contributed by atoms with van der Waals surface area (Å²) in [6.45, 7) is 11.4. The van der Waals surface area contributed by atoms with Crippen LogP contribution in [0.1, 0.15) is 24.4 Å². The SMILES string of the molecule is CCN(CC)C(=O)N1CCN(CC(=O)N2CCc3cc(-c4csc(C)n4)ccc32)CC1. The average molecular weight is 442 g/mol. The quantitative estimate of drug-likeness (QED) is 0.716. The molecule has 0 radical (unpaired) electrons. The molecule has 7 nitrogen and oxygen atoms in total. The Morgan fingerprint density at radius 3 is 2.48 bits per heavy atom. The van der Waals surface area contributed by atoms with Crippen LogP contribution in [0.2, 0.25) is 0 Å². The van der Waals surface area contributed by atoms with Crippen molar-refractivity contribution in [3.05, 3.63) is 34.2 Å². The van der Waals surface area contributed by atoms with E-state index in [4.69, 9.17) is 0 Å². The first-order chi connectivity index (χ1) is 15.0. The molecule has 0 saturated carbocycles. The molecule has 1 fully saturated rings. The maximum atomic E-state index is 13.0. The third-order valence-corrected chi connectivity index (χ3v) is 7.00. The van der Waals surface area contributed by atoms with Crippen LogP contribution in [0.3, 0.4) is 0 Å². The molecule has 0 spiro atoms. The number of amides is 3. The summed E-state index contributed by atoms with van der Waals surface area (Å²) < 4.78 is 0. The van der Waals surface area contributed by atoms with Crippen molar-refractivity contribution >= 4 is 29.0 Å². The maximum absolute atomic E-state index is 13.0. The van der Waals surface area contributed by atoms with Crippen molar-refractivity contribution in [2.45, 2.75) is 27.2 Å². The van der Waals surface area contributed by atoms with E-state index in [0.29, 0.717) is 19.6 Å². The summed E-state index contributed by atoms with van der Waals surface area (Å²) in [5.74, 6) is 0.138. The summed E-state index contributed by atoms with van der Waals surface area (Å²) in [4.78, 5) is 38.0. The monoisotopic (exact) mass is 441 g/mol. The van der Waals surface area contributed by atoms with E-state index in [1.165, 1.54) is 5.56 Å². The lowest BCUT2D eigenvalue weighted by molar-refractivity contribution is -0.120. The highest BCUT2D eigenvalue weighted by Gasteiger charge is 2.29. The van der Waals surface area contributed by atoms with Gasteiger partial charge in [-0.05, 0) is 44.9 Å². The number of hydrogen-bond acceptors (Lipinski definition) is 5. The number of thiazole rings is 1. The Morgan fingerprint density at radius 1 is 1.10 bits per heavy atom. The van der Waals surface area contributed by atoms with E-state index < -0.39 is 0 Å². The molecule has 3 heterocycles. The molecule has 2 aliphatic heterocycles. The molecule has 0 N–H and O–H groups in total. The van der Waals surface area contributed by atoms with Crippen molar-refractivity contribution in [2.24, 2.45) is 0 Å². The van der Waals surface area contributed by atoms with Crippen molar-refractivity contribution in [1.82, 2.24) is 19.7 Å². The van der Waals surface area contributed by atoms with Gasteiger partial charge in [-0.15, -0.1) is 11.3 Å². The van der Waals surface area contributed by atoms with Gasteiger partial charge in [0.05, 0.1) is 17.2 Å². The summed E-state index contributed by atoms with van der Waals surface area (Å²) in [7, 11) is 0. The second kappa shape index (κ2) is 9.36. The number of rotatable bonds is 5. The number of carbonyl (C=O) groups is 2. The zero-order valence-electron chi connectivity index (χ0n) is 18.6. The molecule has 2 aliphatic rings. The number of hydrogen-bond donors (Lipinski definition) is 0. The minimum atomic E-state index is 0.107. The molecule has 31 heavy (non-hydrogen) atoms. The van der Waals surface area contributed by atoms with Gasteiger partial charge in [0.25, 0.3) is 0 Å². The van der Waals surface area contributed by atoms with Crippen LogP contribution in [0.25, 0.3) is 11.3 Å². The van der Waals surface area contributed by atoms with Crippen molar-refractivity contribution in [3.8, 4) is 11.3 Å². The minimum Gasteiger partial charge on any atom is -0.325 e. The highest BCUT2D eigenvalue weighted by atomic mass is 32.1. The maximum Gasteiger partial charge on any atom is 0.320 e. The molecule has 3 amide bonds. The van der Waals surface area contributed by atoms with Gasteiger partial charge in [-0.2, -0.15) is 0 Å². The number of benzene rings is 1. The predicted octanol–water partition coefficient (Wildman–Crippen LogP) is 3.09. The normalized spacial score (nSPS) is 16.5. The zero-order chi connectivity index (χ0) is 22.0. The number of aryl methyl sites for hydroxylation is 1. The predicted molar refractivity (Wildman–Crippen MR) is 125 cm³/mol. The highest BCUT2D eigenvalue weighted by molar-refractivity contribution is 7.09. The third-order valence-electron chi connectivity index (χ3n) is 6.23. The van der Waals surface area contributed by atoms with Gasteiger partial charge < -0.3 is 14.7 Å². The Balaban J connectivity index is 1.34. The van der Waals surface area contributed by atoms with Crippen molar-refractivity contribution in [2.75, 3.05) is 57.3 Å². The van der Waals surface area contributed by atoms with E-state index in [9.17, 15) is 9.59 Å². The molecule has 1 saturated heterocycles. The minimum absolute atomic E-state index is 0.107. The number of nitrogens with zero attached hydrogens (tertiary/aromatic N) is 5. The molecule has 1 aromatic carbocycles. The van der Waals surface area contributed by atoms with Gasteiger partial charge >= 0.3 is 6.03 Å². The van der Waals surface area contributed by atoms with Gasteiger partial charge in [0, 0.05) is 62.4 Å². The van der Waals surface area contributed by atoms with Crippen LogP contribution in [0.5, 0.6) is 0 Å². The second-order valence-electron chi connectivity index (χ2n) is 8.11. The Kier molecular flexibility index (Phi) is 6.57. The Morgan fingerprint density at radius 2 is 1.84 bits per heavy atom. The molecule has 4 rings (SSSR count). The van der Waals surface area contributed by atoms with Crippen LogP contribution in [0.15, 0.2) is 23.6 Å². The first-order valence-electron chi connectivity index (χ1n) is 11.1. The van der Waals surface area contributed by atoms with E-state index >= 15 is 0 Å². The van der Waals surface area contributed by atoms with E-state index in [0.717, 1.165) is 61.1 Å². The Labute approximate surface area is 188 Å². The summed E-state index contributed by atoms with van der Waals surface area (Å²) in [6, 6.07) is 6.41. The molecule has 0 bridgehead atoms. The fourth-order valence-electron chi connectivity index (χ4n) is 4.38. The van der Waals surface area contributed by atoms with Crippen molar-refractivity contribution in [1.29, 1.82) is 0 Å². The lowest BCUT2D eigenvalue weighted by Gasteiger charge is -2.37. The second-order valence-corrected chi connectivity index (χ2v) is 9.17. The van der Waals surface area contributed by atoms with Gasteiger partial charge in [-0.3, -0.25) is 9.69 Å². The van der Waals surface area contributed by atoms with E-state index in [1.54, 1.807) is 11.3 Å². The lowest BCUT2D eigenvalue weighted by atomic mass is 10.1. The number of carbonyl (C=O) groups excluding carboxylic acids is 2. The Bertz CT molecular complexity index is 947. The van der Waals surface area contributed by atoms with Gasteiger partial charge in [-0.1, -0.05) is 6.07 Å². The fourth-order valence-corrected chi connectivity index (χ4v) is 5.01. The molecule has 0 atom stereocenters. The summed E-state index contributed by atoms with van der Waals surface area (Å²) in [6.07, 6.45) is 0.879. The van der Waals surface area contributed by atoms with Gasteiger partial charge in [0.1, 0.15) is 0 Å². The number of anilines is 1. The standard InChI is InChI=1S/C23H31N5O2S/c1-4-26(5-2)23(30)27-12-10-25(11-13-27)15-22(29)28-9-8-19-14-18(6-7-21(19)28)20-16-31-17(3)24-20/h6-7,14,16H,4-5,8-13,15H2,1-3H3. The summed E-state index contributed by atoms with van der Waals surface area (Å²) >= 11 is 1.65. The van der Waals surface area contributed by atoms with Crippen LogP contribution in [-0.2, 0) is 11.2 Å². The molecule has 166 valence electrons. The Hall–Kier alpha value is -2.45. The number of fused-ring (bicyclic) bond motifs is 1. The van der Waals surface area contributed by atoms with Gasteiger partial charge in [-0.25, -0.2) is 9.78 Å². The summed E-state index contributed by atoms with van der Waals surface area (Å²) in [5.41, 5.74) is 4.36. The number of aromatic nitrogens is 1. The first-order valence-corrected chi connectivity index (χ1v) is 12.0. The average Bonchev–Trinajstić information content (AvgIpc) is 3.40. The molecular formula is C23H31N5O2S. The van der Waals surface area contributed by atoms with Crippen LogP contribution in [0.4, 0.5) is 10.5 Å². The molecule has 1 aromatic heterocycles. The smallest absolute Gasteiger partial charge is 0.320 e. The van der Waals surface area contributed by atoms with E-state index in [2.05, 4.69) is 33.5 Å². The number of piperazine rings is 1. The van der Waals surface area contributed by atoms with Crippen molar-refractivity contribution < 1.29 is 9.59 Å². The van der Waals surface area contributed by atoms with Gasteiger partial charge in [0.15, 0.2) is 0 Å². The van der Waals surface area contributed by atoms with Crippen LogP contribution < -0.4 is 4.90 Å². The molecule has 0 unspecified atom stereocenters. The largest absolute Gasteiger partial charge is 0.325 e. The number of urea groups is 1. The fraction of sp³-hybridized carbons (Fsp3) is 0.522. The lowest BCUT2D eigenvalue weighted by Crippen LogP contribution is -2.54.